The Bertz CT molecular complexity index is 1220. The minimum Gasteiger partial charge on any atom is -0.486 e. The van der Waals surface area contributed by atoms with Gasteiger partial charge in [-0.1, -0.05) is 60.3 Å². The molecule has 2 heterocycles. The summed E-state index contributed by atoms with van der Waals surface area (Å²) >= 11 is 1.59. The molecule has 148 valence electrons. The van der Waals surface area contributed by atoms with Crippen molar-refractivity contribution >= 4 is 22.8 Å². The number of aromatic nitrogens is 5. The van der Waals surface area contributed by atoms with Crippen molar-refractivity contribution in [3.63, 3.8) is 0 Å². The normalized spacial score (nSPS) is 11.1. The minimum atomic E-state index is 0.330. The first-order valence-electron chi connectivity index (χ1n) is 9.61. The predicted molar refractivity (Wildman–Crippen MR) is 118 cm³/mol. The van der Waals surface area contributed by atoms with Gasteiger partial charge in [0, 0.05) is 5.69 Å². The van der Waals surface area contributed by atoms with Gasteiger partial charge in [-0.2, -0.15) is 0 Å². The second kappa shape index (κ2) is 8.42. The Kier molecular flexibility index (Phi) is 5.18. The highest BCUT2D eigenvalue weighted by Gasteiger charge is 2.16. The van der Waals surface area contributed by atoms with Crippen LogP contribution in [0.25, 0.3) is 16.7 Å². The summed E-state index contributed by atoms with van der Waals surface area (Å²) in [6.07, 6.45) is 0. The van der Waals surface area contributed by atoms with Crippen LogP contribution in [0.1, 0.15) is 11.6 Å². The van der Waals surface area contributed by atoms with Gasteiger partial charge in [0.25, 0.3) is 0 Å². The molecule has 0 unspecified atom stereocenters. The number of imidazole rings is 1. The first-order chi connectivity index (χ1) is 14.9. The maximum atomic E-state index is 5.92. The Morgan fingerprint density at radius 2 is 1.57 bits per heavy atom. The van der Waals surface area contributed by atoms with Gasteiger partial charge in [-0.3, -0.25) is 4.57 Å². The van der Waals surface area contributed by atoms with E-state index in [0.717, 1.165) is 39.3 Å². The van der Waals surface area contributed by atoms with Crippen molar-refractivity contribution in [3.05, 3.63) is 96.6 Å². The number of benzene rings is 3. The summed E-state index contributed by atoms with van der Waals surface area (Å²) < 4.78 is 7.96. The third-order valence-corrected chi connectivity index (χ3v) is 5.54. The predicted octanol–water partition coefficient (Wildman–Crippen LogP) is 5.01. The number of hydrogen-bond donors (Lipinski definition) is 1. The minimum absolute atomic E-state index is 0.330. The summed E-state index contributed by atoms with van der Waals surface area (Å²) in [7, 11) is 0. The van der Waals surface area contributed by atoms with Crippen LogP contribution in [-0.4, -0.2) is 24.7 Å². The van der Waals surface area contributed by atoms with Crippen LogP contribution in [0.15, 0.2) is 90.1 Å². The van der Waals surface area contributed by atoms with E-state index in [1.165, 1.54) is 0 Å². The van der Waals surface area contributed by atoms with Crippen molar-refractivity contribution in [1.29, 1.82) is 0 Å². The van der Waals surface area contributed by atoms with Crippen molar-refractivity contribution in [1.82, 2.24) is 24.7 Å². The van der Waals surface area contributed by atoms with E-state index < -0.39 is 0 Å². The Balaban J connectivity index is 1.40. The van der Waals surface area contributed by atoms with Crippen LogP contribution < -0.4 is 4.74 Å². The zero-order chi connectivity index (χ0) is 20.2. The molecule has 0 aliphatic rings. The average molecular weight is 414 g/mol. The van der Waals surface area contributed by atoms with Crippen molar-refractivity contribution in [3.8, 4) is 11.4 Å². The van der Waals surface area contributed by atoms with Crippen LogP contribution in [0.2, 0.25) is 0 Å². The van der Waals surface area contributed by atoms with Gasteiger partial charge in [-0.05, 0) is 36.4 Å². The quantitative estimate of drug-likeness (QED) is 0.380. The number of H-pyrrole nitrogens is 1. The van der Waals surface area contributed by atoms with E-state index >= 15 is 0 Å². The molecule has 0 saturated heterocycles. The van der Waals surface area contributed by atoms with Gasteiger partial charge >= 0.3 is 0 Å². The molecule has 0 bridgehead atoms. The number of nitrogens with one attached hydrogen (secondary N) is 1. The molecule has 3 aromatic carbocycles. The number of aromatic amines is 1. The van der Waals surface area contributed by atoms with Gasteiger partial charge in [-0.15, -0.1) is 10.2 Å². The summed E-state index contributed by atoms with van der Waals surface area (Å²) in [5, 5.41) is 9.63. The van der Waals surface area contributed by atoms with Gasteiger partial charge in [0.1, 0.15) is 18.2 Å². The summed E-state index contributed by atoms with van der Waals surface area (Å²) in [5.74, 6) is 3.12. The molecule has 0 radical (unpaired) electrons. The van der Waals surface area contributed by atoms with E-state index in [1.54, 1.807) is 11.8 Å². The fourth-order valence-electron chi connectivity index (χ4n) is 3.20. The number of rotatable bonds is 7. The highest BCUT2D eigenvalue weighted by molar-refractivity contribution is 7.98. The molecule has 0 amide bonds. The Hall–Kier alpha value is -3.58. The summed E-state index contributed by atoms with van der Waals surface area (Å²) in [4.78, 5) is 8.02. The largest absolute Gasteiger partial charge is 0.486 e. The van der Waals surface area contributed by atoms with Gasteiger partial charge < -0.3 is 9.72 Å². The molecular formula is C23H19N5OS. The number of nitrogens with zero attached hydrogens (tertiary/aromatic N) is 4. The van der Waals surface area contributed by atoms with E-state index in [9.17, 15) is 0 Å². The molecule has 0 spiro atoms. The molecule has 1 N–H and O–H groups in total. The van der Waals surface area contributed by atoms with Crippen LogP contribution in [0.3, 0.4) is 0 Å². The van der Waals surface area contributed by atoms with Crippen molar-refractivity contribution in [2.24, 2.45) is 0 Å². The van der Waals surface area contributed by atoms with E-state index in [2.05, 4.69) is 20.2 Å². The van der Waals surface area contributed by atoms with Crippen LogP contribution in [0.4, 0.5) is 0 Å². The monoisotopic (exact) mass is 413 g/mol. The van der Waals surface area contributed by atoms with Crippen molar-refractivity contribution in [2.45, 2.75) is 17.5 Å². The SMILES string of the molecule is c1ccc(OCc2nnc(SCc3nc4ccccc4[nH]3)n2-c2ccccc2)cc1. The maximum absolute atomic E-state index is 5.92. The van der Waals surface area contributed by atoms with Gasteiger partial charge in [0.05, 0.1) is 16.8 Å². The maximum Gasteiger partial charge on any atom is 0.196 e. The van der Waals surface area contributed by atoms with Crippen LogP contribution in [-0.2, 0) is 12.4 Å². The fraction of sp³-hybridized carbons (Fsp3) is 0.0870. The van der Waals surface area contributed by atoms with E-state index in [0.29, 0.717) is 12.4 Å². The zero-order valence-corrected chi connectivity index (χ0v) is 16.9. The molecule has 0 aliphatic heterocycles. The number of thioether (sulfide) groups is 1. The first kappa shape index (κ1) is 18.4. The standard InChI is InChI=1S/C23H19N5OS/c1-3-9-17(10-4-1)28-22(15-29-18-11-5-2-6-12-18)26-27-23(28)30-16-21-24-19-13-7-8-14-20(19)25-21/h1-14H,15-16H2,(H,24,25). The van der Waals surface area contributed by atoms with Gasteiger partial charge in [-0.25, -0.2) is 4.98 Å². The molecule has 6 nitrogen and oxygen atoms in total. The molecule has 0 aliphatic carbocycles. The molecular weight excluding hydrogens is 394 g/mol. The van der Waals surface area contributed by atoms with Crippen LogP contribution in [0, 0.1) is 0 Å². The summed E-state index contributed by atoms with van der Waals surface area (Å²) in [5.41, 5.74) is 3.01. The zero-order valence-electron chi connectivity index (χ0n) is 16.1. The third-order valence-electron chi connectivity index (χ3n) is 4.60. The second-order valence-corrected chi connectivity index (χ2v) is 7.60. The number of hydrogen-bond acceptors (Lipinski definition) is 5. The first-order valence-corrected chi connectivity index (χ1v) is 10.6. The molecule has 0 atom stereocenters. The van der Waals surface area contributed by atoms with Crippen molar-refractivity contribution < 1.29 is 4.74 Å². The number of para-hydroxylation sites is 4. The molecule has 0 fully saturated rings. The Morgan fingerprint density at radius 1 is 0.833 bits per heavy atom. The Morgan fingerprint density at radius 3 is 2.37 bits per heavy atom. The lowest BCUT2D eigenvalue weighted by Gasteiger charge is -2.11. The van der Waals surface area contributed by atoms with E-state index in [4.69, 9.17) is 4.74 Å². The highest BCUT2D eigenvalue weighted by atomic mass is 32.2. The molecule has 2 aromatic heterocycles. The second-order valence-electron chi connectivity index (χ2n) is 6.66. The lowest BCUT2D eigenvalue weighted by Crippen LogP contribution is -2.06. The molecule has 7 heteroatoms. The molecule has 5 aromatic rings. The lowest BCUT2D eigenvalue weighted by molar-refractivity contribution is 0.293. The van der Waals surface area contributed by atoms with Crippen molar-refractivity contribution in [2.75, 3.05) is 0 Å². The van der Waals surface area contributed by atoms with Gasteiger partial charge in [0.2, 0.25) is 0 Å². The molecule has 0 saturated carbocycles. The lowest BCUT2D eigenvalue weighted by atomic mass is 10.3. The fourth-order valence-corrected chi connectivity index (χ4v) is 4.04. The number of fused-ring (bicyclic) bond motifs is 1. The Labute approximate surface area is 178 Å². The molecule has 5 rings (SSSR count). The third kappa shape index (κ3) is 3.92. The van der Waals surface area contributed by atoms with Crippen LogP contribution in [0.5, 0.6) is 5.75 Å². The summed E-state index contributed by atoms with van der Waals surface area (Å²) in [6, 6.07) is 27.8. The topological polar surface area (TPSA) is 68.6 Å². The summed E-state index contributed by atoms with van der Waals surface area (Å²) in [6.45, 7) is 0.330. The van der Waals surface area contributed by atoms with E-state index in [1.807, 2.05) is 89.5 Å². The van der Waals surface area contributed by atoms with Gasteiger partial charge in [0.15, 0.2) is 11.0 Å². The van der Waals surface area contributed by atoms with E-state index in [-0.39, 0.29) is 0 Å². The number of ether oxygens (including phenoxy) is 1. The van der Waals surface area contributed by atoms with Crippen LogP contribution >= 0.6 is 11.8 Å². The smallest absolute Gasteiger partial charge is 0.196 e. The highest BCUT2D eigenvalue weighted by Crippen LogP contribution is 2.26. The molecule has 30 heavy (non-hydrogen) atoms. The average Bonchev–Trinajstić information content (AvgIpc) is 3.41.